The van der Waals surface area contributed by atoms with Gasteiger partial charge in [-0.2, -0.15) is 10.1 Å². The Morgan fingerprint density at radius 1 is 1.17 bits per heavy atom. The highest BCUT2D eigenvalue weighted by Crippen LogP contribution is 2.52. The largest absolute Gasteiger partial charge is 0.476 e. The highest BCUT2D eigenvalue weighted by Gasteiger charge is 2.59. The van der Waals surface area contributed by atoms with E-state index in [1.54, 1.807) is 0 Å². The first-order valence-electron chi connectivity index (χ1n) is 10.9. The maximum Gasteiger partial charge on any atom is 0.311 e. The number of nitrogens with one attached hydrogen (secondary N) is 1. The first-order chi connectivity index (χ1) is 16.8. The zero-order chi connectivity index (χ0) is 24.7. The summed E-state index contributed by atoms with van der Waals surface area (Å²) in [5, 5.41) is 18.8. The van der Waals surface area contributed by atoms with E-state index >= 15 is 0 Å². The highest BCUT2D eigenvalue weighted by atomic mass is 19.1. The predicted octanol–water partition coefficient (Wildman–Crippen LogP) is 2.89. The molecule has 10 nitrogen and oxygen atoms in total. The predicted molar refractivity (Wildman–Crippen MR) is 121 cm³/mol. The van der Waals surface area contributed by atoms with Gasteiger partial charge in [0.2, 0.25) is 5.75 Å². The summed E-state index contributed by atoms with van der Waals surface area (Å²) in [6, 6.07) is 9.26. The van der Waals surface area contributed by atoms with E-state index in [-0.39, 0.29) is 28.8 Å². The molecule has 11 heteroatoms. The fraction of sp³-hybridized carbons (Fsp3) is 0.250. The number of fused-ring (bicyclic) bond motifs is 5. The number of hydrogen-bond acceptors (Lipinski definition) is 7. The van der Waals surface area contributed by atoms with Crippen LogP contribution < -0.4 is 10.1 Å². The molecule has 0 unspecified atom stereocenters. The zero-order valence-electron chi connectivity index (χ0n) is 18.2. The van der Waals surface area contributed by atoms with Gasteiger partial charge in [0.1, 0.15) is 5.82 Å². The molecule has 2 aliphatic carbocycles. The van der Waals surface area contributed by atoms with Crippen LogP contribution in [-0.2, 0) is 14.4 Å². The maximum atomic E-state index is 13.3. The topological polar surface area (TPSA) is 131 Å². The number of halogens is 1. The molecule has 1 saturated heterocycles. The maximum absolute atomic E-state index is 13.3. The number of hydrogen-bond donors (Lipinski definition) is 1. The SMILES string of the molecule is O=C(COc1c(C=NN2C(=O)[C@@H]3[C@H](C2=O)[C@H]2C=C[C@H]3C2)cccc1[N+](=O)[O-])Nc1cccc(F)c1. The minimum absolute atomic E-state index is 0.0231. The number of para-hydroxylation sites is 1. The van der Waals surface area contributed by atoms with Crippen molar-refractivity contribution in [2.24, 2.45) is 28.8 Å². The number of ether oxygens (including phenoxy) is 1. The van der Waals surface area contributed by atoms with Gasteiger partial charge in [-0.3, -0.25) is 24.5 Å². The van der Waals surface area contributed by atoms with E-state index in [2.05, 4.69) is 10.4 Å². The number of rotatable bonds is 7. The van der Waals surface area contributed by atoms with Crippen molar-refractivity contribution < 1.29 is 28.4 Å². The van der Waals surface area contributed by atoms with Crippen molar-refractivity contribution >= 4 is 35.3 Å². The van der Waals surface area contributed by atoms with Crippen molar-refractivity contribution in [2.45, 2.75) is 6.42 Å². The first-order valence-corrected chi connectivity index (χ1v) is 10.9. The lowest BCUT2D eigenvalue weighted by atomic mass is 9.85. The van der Waals surface area contributed by atoms with Crippen molar-refractivity contribution in [1.82, 2.24) is 5.01 Å². The summed E-state index contributed by atoms with van der Waals surface area (Å²) in [6.45, 7) is -0.608. The average molecular weight is 478 g/mol. The molecule has 3 amide bonds. The molecule has 35 heavy (non-hydrogen) atoms. The summed E-state index contributed by atoms with van der Waals surface area (Å²) in [7, 11) is 0. The van der Waals surface area contributed by atoms with E-state index in [1.807, 2.05) is 12.2 Å². The minimum atomic E-state index is -0.683. The van der Waals surface area contributed by atoms with Gasteiger partial charge >= 0.3 is 5.69 Å². The molecule has 0 radical (unpaired) electrons. The number of amides is 3. The second kappa shape index (κ2) is 8.75. The van der Waals surface area contributed by atoms with Gasteiger partial charge in [0.05, 0.1) is 23.0 Å². The van der Waals surface area contributed by atoms with Crippen LogP contribution in [0.5, 0.6) is 5.75 Å². The second-order valence-corrected chi connectivity index (χ2v) is 8.53. The Bertz CT molecular complexity index is 1280. The van der Waals surface area contributed by atoms with Gasteiger partial charge in [-0.05, 0) is 42.5 Å². The minimum Gasteiger partial charge on any atom is -0.476 e. The number of nitro benzene ring substituents is 1. The molecule has 2 aromatic carbocycles. The third kappa shape index (κ3) is 4.05. The number of nitrogens with zero attached hydrogens (tertiary/aromatic N) is 3. The summed E-state index contributed by atoms with van der Waals surface area (Å²) < 4.78 is 18.8. The van der Waals surface area contributed by atoms with Crippen molar-refractivity contribution in [1.29, 1.82) is 0 Å². The van der Waals surface area contributed by atoms with Gasteiger partial charge in [-0.15, -0.1) is 0 Å². The lowest BCUT2D eigenvalue weighted by Gasteiger charge is -2.13. The van der Waals surface area contributed by atoms with Gasteiger partial charge in [-0.25, -0.2) is 4.39 Å². The molecular weight excluding hydrogens is 459 g/mol. The fourth-order valence-electron chi connectivity index (χ4n) is 4.97. The molecule has 0 spiro atoms. The van der Waals surface area contributed by atoms with Crippen LogP contribution in [0.1, 0.15) is 12.0 Å². The molecule has 178 valence electrons. The number of hydrazone groups is 1. The second-order valence-electron chi connectivity index (χ2n) is 8.53. The molecular formula is C24H19FN4O6. The molecule has 2 aromatic rings. The first kappa shape index (κ1) is 22.4. The fourth-order valence-corrected chi connectivity index (χ4v) is 4.97. The normalized spacial score (nSPS) is 24.3. The Morgan fingerprint density at radius 2 is 1.86 bits per heavy atom. The van der Waals surface area contributed by atoms with E-state index in [9.17, 15) is 28.9 Å². The Hall–Kier alpha value is -4.41. The molecule has 5 rings (SSSR count). The smallest absolute Gasteiger partial charge is 0.311 e. The molecule has 1 N–H and O–H groups in total. The van der Waals surface area contributed by atoms with Crippen LogP contribution in [-0.4, -0.2) is 40.5 Å². The lowest BCUT2D eigenvalue weighted by Crippen LogP contribution is -2.28. The molecule has 1 saturated carbocycles. The molecule has 2 fully saturated rings. The van der Waals surface area contributed by atoms with Crippen LogP contribution in [0.2, 0.25) is 0 Å². The third-order valence-corrected chi connectivity index (χ3v) is 6.44. The summed E-state index contributed by atoms with van der Waals surface area (Å²) in [5.74, 6) is -3.06. The summed E-state index contributed by atoms with van der Waals surface area (Å²) >= 11 is 0. The number of imide groups is 1. The van der Waals surface area contributed by atoms with E-state index in [0.717, 1.165) is 23.7 Å². The van der Waals surface area contributed by atoms with Gasteiger partial charge in [0.25, 0.3) is 17.7 Å². The van der Waals surface area contributed by atoms with E-state index in [4.69, 9.17) is 4.74 Å². The van der Waals surface area contributed by atoms with Gasteiger partial charge in [0.15, 0.2) is 6.61 Å². The molecule has 4 atom stereocenters. The zero-order valence-corrected chi connectivity index (χ0v) is 18.2. The molecule has 1 aliphatic heterocycles. The molecule has 1 heterocycles. The van der Waals surface area contributed by atoms with Crippen molar-refractivity contribution in [2.75, 3.05) is 11.9 Å². The van der Waals surface area contributed by atoms with E-state index in [1.165, 1.54) is 36.4 Å². The molecule has 3 aliphatic rings. The van der Waals surface area contributed by atoms with Crippen LogP contribution in [0, 0.1) is 39.6 Å². The number of benzene rings is 2. The van der Waals surface area contributed by atoms with Crippen LogP contribution in [0.3, 0.4) is 0 Å². The van der Waals surface area contributed by atoms with Crippen LogP contribution in [0.25, 0.3) is 0 Å². The average Bonchev–Trinajstić information content (AvgIpc) is 3.50. The Morgan fingerprint density at radius 3 is 2.51 bits per heavy atom. The van der Waals surface area contributed by atoms with Gasteiger partial charge < -0.3 is 10.1 Å². The number of allylic oxidation sites excluding steroid dienone is 2. The van der Waals surface area contributed by atoms with Crippen molar-refractivity contribution in [3.8, 4) is 5.75 Å². The number of carbonyl (C=O) groups excluding carboxylic acids is 3. The summed E-state index contributed by atoms with van der Waals surface area (Å²) in [5.41, 5.74) is -0.120. The third-order valence-electron chi connectivity index (χ3n) is 6.44. The number of anilines is 1. The number of carbonyl (C=O) groups is 3. The van der Waals surface area contributed by atoms with Crippen LogP contribution in [0.15, 0.2) is 59.7 Å². The van der Waals surface area contributed by atoms with Crippen LogP contribution in [0.4, 0.5) is 15.8 Å². The van der Waals surface area contributed by atoms with Crippen molar-refractivity contribution in [3.05, 3.63) is 76.1 Å². The Balaban J connectivity index is 1.34. The lowest BCUT2D eigenvalue weighted by molar-refractivity contribution is -0.385. The van der Waals surface area contributed by atoms with E-state index in [0.29, 0.717) is 0 Å². The standard InChI is InChI=1S/C24H19FN4O6/c25-16-4-2-5-17(10-16)27-19(30)12-35-22-15(3-1-6-18(22)29(33)34)11-26-28-23(31)20-13-7-8-14(9-13)21(20)24(28)32/h1-8,10-11,13-14,20-21H,9,12H2,(H,27,30)/t13-,14-,20-,21+/m0/s1. The van der Waals surface area contributed by atoms with E-state index < -0.39 is 52.6 Å². The Kier molecular flexibility index (Phi) is 5.59. The quantitative estimate of drug-likeness (QED) is 0.214. The van der Waals surface area contributed by atoms with Crippen LogP contribution >= 0.6 is 0 Å². The molecule has 0 aromatic heterocycles. The van der Waals surface area contributed by atoms with Gasteiger partial charge in [-0.1, -0.05) is 24.3 Å². The highest BCUT2D eigenvalue weighted by molar-refractivity contribution is 6.07. The molecule has 2 bridgehead atoms. The monoisotopic (exact) mass is 478 g/mol. The summed E-state index contributed by atoms with van der Waals surface area (Å²) in [4.78, 5) is 48.7. The number of nitro groups is 1. The van der Waals surface area contributed by atoms with Crippen molar-refractivity contribution in [3.63, 3.8) is 0 Å². The van der Waals surface area contributed by atoms with Gasteiger partial charge in [0, 0.05) is 17.3 Å². The Labute approximate surface area is 198 Å². The summed E-state index contributed by atoms with van der Waals surface area (Å²) in [6.07, 6.45) is 5.85.